The molecule has 5 heteroatoms. The van der Waals surface area contributed by atoms with Gasteiger partial charge in [0, 0.05) is 10.9 Å². The summed E-state index contributed by atoms with van der Waals surface area (Å²) in [4.78, 5) is 0. The molecule has 1 saturated carbocycles. The lowest BCUT2D eigenvalue weighted by Gasteiger charge is -2.40. The van der Waals surface area contributed by atoms with Gasteiger partial charge in [-0.25, -0.2) is 13.1 Å². The van der Waals surface area contributed by atoms with E-state index in [0.717, 1.165) is 24.8 Å². The van der Waals surface area contributed by atoms with Crippen molar-refractivity contribution < 1.29 is 8.42 Å². The van der Waals surface area contributed by atoms with E-state index in [2.05, 4.69) is 20.7 Å². The maximum Gasteiger partial charge on any atom is 0.216 e. The van der Waals surface area contributed by atoms with Crippen molar-refractivity contribution in [3.63, 3.8) is 0 Å². The van der Waals surface area contributed by atoms with Gasteiger partial charge in [-0.05, 0) is 24.8 Å². The van der Waals surface area contributed by atoms with Crippen molar-refractivity contribution in [1.82, 2.24) is 4.72 Å². The summed E-state index contributed by atoms with van der Waals surface area (Å²) in [6.07, 6.45) is 2.94. The summed E-state index contributed by atoms with van der Waals surface area (Å²) >= 11 is 3.39. The third-order valence-electron chi connectivity index (χ3n) is 3.14. The summed E-state index contributed by atoms with van der Waals surface area (Å²) in [5, 5.41) is 0.689. The molecule has 0 atom stereocenters. The second kappa shape index (κ2) is 5.08. The highest BCUT2D eigenvalue weighted by molar-refractivity contribution is 9.09. The first kappa shape index (κ1) is 13.1. The lowest BCUT2D eigenvalue weighted by Crippen LogP contribution is -2.54. The van der Waals surface area contributed by atoms with Crippen LogP contribution in [0.4, 0.5) is 0 Å². The Balaban J connectivity index is 2.05. The summed E-state index contributed by atoms with van der Waals surface area (Å²) in [7, 11) is -3.25. The standard InChI is InChI=1S/C12H16BrNO2S/c13-10-12(7-4-8-12)14-17(15,16)9-11-5-2-1-3-6-11/h1-3,5-6,14H,4,7-10H2. The molecule has 1 aromatic carbocycles. The SMILES string of the molecule is O=S(=O)(Cc1ccccc1)NC1(CBr)CCC1. The Kier molecular flexibility index (Phi) is 3.90. The van der Waals surface area contributed by atoms with Crippen molar-refractivity contribution in [2.45, 2.75) is 30.6 Å². The van der Waals surface area contributed by atoms with Gasteiger partial charge in [0.05, 0.1) is 5.75 Å². The van der Waals surface area contributed by atoms with Crippen molar-refractivity contribution in [2.75, 3.05) is 5.33 Å². The number of halogens is 1. The van der Waals surface area contributed by atoms with Crippen molar-refractivity contribution in [3.8, 4) is 0 Å². The molecule has 94 valence electrons. The van der Waals surface area contributed by atoms with Crippen molar-refractivity contribution in [3.05, 3.63) is 35.9 Å². The zero-order chi connectivity index (χ0) is 12.4. The Morgan fingerprint density at radius 1 is 1.24 bits per heavy atom. The summed E-state index contributed by atoms with van der Waals surface area (Å²) in [6, 6.07) is 9.26. The molecule has 1 fully saturated rings. The molecule has 0 bridgehead atoms. The van der Waals surface area contributed by atoms with Crippen molar-refractivity contribution >= 4 is 26.0 Å². The lowest BCUT2D eigenvalue weighted by atomic mass is 9.80. The Labute approximate surface area is 111 Å². The van der Waals surface area contributed by atoms with Gasteiger partial charge in [0.15, 0.2) is 0 Å². The van der Waals surface area contributed by atoms with Gasteiger partial charge in [0.1, 0.15) is 0 Å². The Hall–Kier alpha value is -0.390. The average Bonchev–Trinajstić information content (AvgIpc) is 2.24. The van der Waals surface area contributed by atoms with Crippen LogP contribution in [0.3, 0.4) is 0 Å². The molecule has 0 amide bonds. The minimum atomic E-state index is -3.25. The molecule has 1 aliphatic rings. The van der Waals surface area contributed by atoms with Crippen LogP contribution in [-0.2, 0) is 15.8 Å². The molecule has 1 aromatic rings. The van der Waals surface area contributed by atoms with E-state index >= 15 is 0 Å². The number of benzene rings is 1. The fourth-order valence-electron chi connectivity index (χ4n) is 2.03. The van der Waals surface area contributed by atoms with E-state index in [1.54, 1.807) is 0 Å². The van der Waals surface area contributed by atoms with Crippen LogP contribution in [0.25, 0.3) is 0 Å². The van der Waals surface area contributed by atoms with Gasteiger partial charge in [-0.3, -0.25) is 0 Å². The van der Waals surface area contributed by atoms with Gasteiger partial charge < -0.3 is 0 Å². The number of sulfonamides is 1. The van der Waals surface area contributed by atoms with Gasteiger partial charge in [-0.2, -0.15) is 0 Å². The first-order chi connectivity index (χ1) is 8.05. The quantitative estimate of drug-likeness (QED) is 0.848. The molecule has 3 nitrogen and oxygen atoms in total. The first-order valence-electron chi connectivity index (χ1n) is 5.67. The van der Waals surface area contributed by atoms with Crippen molar-refractivity contribution in [2.24, 2.45) is 0 Å². The summed E-state index contributed by atoms with van der Waals surface area (Å²) in [6.45, 7) is 0. The monoisotopic (exact) mass is 317 g/mol. The molecular formula is C12H16BrNO2S. The number of rotatable bonds is 5. The number of hydrogen-bond acceptors (Lipinski definition) is 2. The normalized spacial score (nSPS) is 18.6. The third kappa shape index (κ3) is 3.30. The minimum Gasteiger partial charge on any atom is -0.212 e. The molecule has 0 radical (unpaired) electrons. The lowest BCUT2D eigenvalue weighted by molar-refractivity contribution is 0.256. The van der Waals surface area contributed by atoms with Gasteiger partial charge >= 0.3 is 0 Å². The molecule has 0 spiro atoms. The fourth-order valence-corrected chi connectivity index (χ4v) is 4.55. The maximum atomic E-state index is 12.0. The highest BCUT2D eigenvalue weighted by Crippen LogP contribution is 2.34. The maximum absolute atomic E-state index is 12.0. The molecule has 0 saturated heterocycles. The van der Waals surface area contributed by atoms with Crippen LogP contribution in [0.5, 0.6) is 0 Å². The number of nitrogens with one attached hydrogen (secondary N) is 1. The smallest absolute Gasteiger partial charge is 0.212 e. The molecular weight excluding hydrogens is 302 g/mol. The molecule has 1 N–H and O–H groups in total. The second-order valence-corrected chi connectivity index (χ2v) is 6.90. The van der Waals surface area contributed by atoms with E-state index in [4.69, 9.17) is 0 Å². The molecule has 0 aliphatic heterocycles. The fraction of sp³-hybridized carbons (Fsp3) is 0.500. The average molecular weight is 318 g/mol. The Morgan fingerprint density at radius 3 is 2.35 bits per heavy atom. The van der Waals surface area contributed by atoms with Crippen molar-refractivity contribution in [1.29, 1.82) is 0 Å². The first-order valence-corrected chi connectivity index (χ1v) is 8.44. The van der Waals surface area contributed by atoms with E-state index in [0.29, 0.717) is 5.33 Å². The van der Waals surface area contributed by atoms with E-state index < -0.39 is 10.0 Å². The Morgan fingerprint density at radius 2 is 1.88 bits per heavy atom. The number of hydrogen-bond donors (Lipinski definition) is 1. The largest absolute Gasteiger partial charge is 0.216 e. The van der Waals surface area contributed by atoms with E-state index in [1.165, 1.54) is 0 Å². The minimum absolute atomic E-state index is 0.0581. The van der Waals surface area contributed by atoms with Crippen LogP contribution >= 0.6 is 15.9 Å². The van der Waals surface area contributed by atoms with Gasteiger partial charge in [-0.15, -0.1) is 0 Å². The third-order valence-corrected chi connectivity index (χ3v) is 5.67. The topological polar surface area (TPSA) is 46.2 Å². The molecule has 2 rings (SSSR count). The predicted molar refractivity (Wildman–Crippen MR) is 72.6 cm³/mol. The van der Waals surface area contributed by atoms with E-state index in [-0.39, 0.29) is 11.3 Å². The zero-order valence-electron chi connectivity index (χ0n) is 9.52. The van der Waals surface area contributed by atoms with Crippen LogP contribution in [-0.4, -0.2) is 19.3 Å². The summed E-state index contributed by atoms with van der Waals surface area (Å²) in [5.74, 6) is 0.0581. The molecule has 0 heterocycles. The van der Waals surface area contributed by atoms with E-state index in [1.807, 2.05) is 30.3 Å². The molecule has 1 aliphatic carbocycles. The summed E-state index contributed by atoms with van der Waals surface area (Å²) in [5.41, 5.74) is 0.581. The van der Waals surface area contributed by atoms with Crippen LogP contribution in [0, 0.1) is 0 Å². The van der Waals surface area contributed by atoms with E-state index in [9.17, 15) is 8.42 Å². The van der Waals surface area contributed by atoms with Crippen LogP contribution in [0.1, 0.15) is 24.8 Å². The molecule has 0 unspecified atom stereocenters. The van der Waals surface area contributed by atoms with Crippen LogP contribution in [0.2, 0.25) is 0 Å². The zero-order valence-corrected chi connectivity index (χ0v) is 11.9. The van der Waals surface area contributed by atoms with Gasteiger partial charge in [0.2, 0.25) is 10.0 Å². The van der Waals surface area contributed by atoms with Gasteiger partial charge in [0.25, 0.3) is 0 Å². The second-order valence-electron chi connectivity index (χ2n) is 4.61. The molecule has 17 heavy (non-hydrogen) atoms. The molecule has 0 aromatic heterocycles. The van der Waals surface area contributed by atoms with Crippen LogP contribution < -0.4 is 4.72 Å². The summed E-state index contributed by atoms with van der Waals surface area (Å²) < 4.78 is 26.9. The highest BCUT2D eigenvalue weighted by atomic mass is 79.9. The number of alkyl halides is 1. The Bertz CT molecular complexity index is 463. The van der Waals surface area contributed by atoms with Gasteiger partial charge in [-0.1, -0.05) is 46.3 Å². The highest BCUT2D eigenvalue weighted by Gasteiger charge is 2.39. The predicted octanol–water partition coefficient (Wildman–Crippen LogP) is 2.42. The van der Waals surface area contributed by atoms with Crippen LogP contribution in [0.15, 0.2) is 30.3 Å².